The van der Waals surface area contributed by atoms with Crippen LogP contribution in [0, 0.1) is 5.82 Å². The molecular formula is C23H18ClFN2O2. The van der Waals surface area contributed by atoms with E-state index in [1.165, 1.54) is 29.5 Å². The van der Waals surface area contributed by atoms with Crippen molar-refractivity contribution in [2.24, 2.45) is 0 Å². The second-order valence-electron chi connectivity index (χ2n) is 6.61. The first-order valence-electron chi connectivity index (χ1n) is 9.20. The molecule has 3 aromatic rings. The molecule has 4 nitrogen and oxygen atoms in total. The summed E-state index contributed by atoms with van der Waals surface area (Å²) in [5.41, 5.74) is 4.98. The van der Waals surface area contributed by atoms with Gasteiger partial charge < -0.3 is 10.1 Å². The largest absolute Gasteiger partial charge is 0.449 e. The van der Waals surface area contributed by atoms with Crippen molar-refractivity contribution in [2.45, 2.75) is 5.92 Å². The Morgan fingerprint density at radius 2 is 1.76 bits per heavy atom. The molecule has 1 amide bonds. The number of fused-ring (bicyclic) bond motifs is 3. The van der Waals surface area contributed by atoms with Crippen LogP contribution in [0.2, 0.25) is 5.15 Å². The highest BCUT2D eigenvalue weighted by molar-refractivity contribution is 6.29. The number of nitrogens with one attached hydrogen (secondary N) is 1. The number of hydrogen-bond donors (Lipinski definition) is 1. The first kappa shape index (κ1) is 19.2. The van der Waals surface area contributed by atoms with Crippen LogP contribution in [0.3, 0.4) is 0 Å². The fourth-order valence-electron chi connectivity index (χ4n) is 3.54. The lowest BCUT2D eigenvalue weighted by molar-refractivity contribution is 0.144. The van der Waals surface area contributed by atoms with Crippen molar-refractivity contribution in [2.75, 3.05) is 13.2 Å². The zero-order chi connectivity index (χ0) is 20.2. The molecule has 6 heteroatoms. The van der Waals surface area contributed by atoms with Gasteiger partial charge in [0.15, 0.2) is 11.0 Å². The molecule has 0 radical (unpaired) electrons. The summed E-state index contributed by atoms with van der Waals surface area (Å²) in [5.74, 6) is -0.580. The summed E-state index contributed by atoms with van der Waals surface area (Å²) < 4.78 is 19.2. The van der Waals surface area contributed by atoms with Crippen LogP contribution < -0.4 is 5.32 Å². The monoisotopic (exact) mass is 408 g/mol. The molecular weight excluding hydrogens is 391 g/mol. The molecule has 0 bridgehead atoms. The third-order valence-corrected chi connectivity index (χ3v) is 5.15. The molecule has 0 saturated heterocycles. The van der Waals surface area contributed by atoms with Crippen LogP contribution in [-0.4, -0.2) is 24.2 Å². The average molecular weight is 409 g/mol. The predicted molar refractivity (Wildman–Crippen MR) is 111 cm³/mol. The number of pyridine rings is 1. The third-order valence-electron chi connectivity index (χ3n) is 4.88. The summed E-state index contributed by atoms with van der Waals surface area (Å²) in [4.78, 5) is 15.7. The minimum atomic E-state index is -0.591. The fourth-order valence-corrected chi connectivity index (χ4v) is 3.70. The van der Waals surface area contributed by atoms with Crippen molar-refractivity contribution in [3.8, 4) is 11.1 Å². The number of aromatic nitrogens is 1. The molecule has 4 rings (SSSR count). The molecule has 1 aromatic heterocycles. The molecule has 1 N–H and O–H groups in total. The number of amides is 1. The van der Waals surface area contributed by atoms with Gasteiger partial charge in [0.05, 0.1) is 0 Å². The number of halogens is 2. The minimum Gasteiger partial charge on any atom is -0.449 e. The van der Waals surface area contributed by atoms with E-state index in [1.807, 2.05) is 24.3 Å². The minimum absolute atomic E-state index is 0.0109. The zero-order valence-electron chi connectivity index (χ0n) is 15.4. The van der Waals surface area contributed by atoms with Crippen LogP contribution in [-0.2, 0) is 4.74 Å². The van der Waals surface area contributed by atoms with E-state index in [4.69, 9.17) is 16.3 Å². The quantitative estimate of drug-likeness (QED) is 0.573. The van der Waals surface area contributed by atoms with Gasteiger partial charge >= 0.3 is 6.09 Å². The Labute approximate surface area is 173 Å². The number of rotatable bonds is 5. The molecule has 0 atom stereocenters. The Kier molecular flexibility index (Phi) is 5.58. The number of benzene rings is 2. The lowest BCUT2D eigenvalue weighted by Crippen LogP contribution is -2.26. The topological polar surface area (TPSA) is 51.2 Å². The molecule has 0 aliphatic heterocycles. The van der Waals surface area contributed by atoms with E-state index < -0.39 is 11.9 Å². The molecule has 2 aromatic carbocycles. The number of carbonyl (C=O) groups is 1. The van der Waals surface area contributed by atoms with Gasteiger partial charge in [0.2, 0.25) is 0 Å². The maximum absolute atomic E-state index is 13.8. The normalized spacial score (nSPS) is 12.6. The SMILES string of the molecule is O=C(NCC=Cc1ccnc(Cl)c1F)OCC1c2ccccc2-c2ccccc21. The van der Waals surface area contributed by atoms with Crippen LogP contribution in [0.5, 0.6) is 0 Å². The molecule has 0 unspecified atom stereocenters. The van der Waals surface area contributed by atoms with Crippen molar-refractivity contribution >= 4 is 23.8 Å². The molecule has 1 aliphatic rings. The van der Waals surface area contributed by atoms with Gasteiger partial charge in [-0.1, -0.05) is 72.3 Å². The maximum Gasteiger partial charge on any atom is 0.407 e. The van der Waals surface area contributed by atoms with E-state index in [1.54, 1.807) is 6.08 Å². The van der Waals surface area contributed by atoms with E-state index in [0.29, 0.717) is 5.56 Å². The Bertz CT molecular complexity index is 1040. The first-order chi connectivity index (χ1) is 14.1. The molecule has 0 fully saturated rings. The van der Waals surface area contributed by atoms with Gasteiger partial charge in [0, 0.05) is 24.2 Å². The highest BCUT2D eigenvalue weighted by Crippen LogP contribution is 2.44. The van der Waals surface area contributed by atoms with Gasteiger partial charge in [-0.2, -0.15) is 0 Å². The third kappa shape index (κ3) is 4.00. The Balaban J connectivity index is 1.34. The summed E-state index contributed by atoms with van der Waals surface area (Å²) in [7, 11) is 0. The first-order valence-corrected chi connectivity index (χ1v) is 9.58. The number of alkyl carbamates (subject to hydrolysis) is 1. The number of ether oxygens (including phenoxy) is 1. The lowest BCUT2D eigenvalue weighted by Gasteiger charge is -2.14. The summed E-state index contributed by atoms with van der Waals surface area (Å²) in [6, 6.07) is 17.8. The predicted octanol–water partition coefficient (Wildman–Crippen LogP) is 5.43. The fraction of sp³-hybridized carbons (Fsp3) is 0.130. The van der Waals surface area contributed by atoms with Crippen LogP contribution in [0.1, 0.15) is 22.6 Å². The summed E-state index contributed by atoms with van der Waals surface area (Å²) in [5, 5.41) is 2.46. The molecule has 146 valence electrons. The highest BCUT2D eigenvalue weighted by Gasteiger charge is 2.28. The Morgan fingerprint density at radius 1 is 1.10 bits per heavy atom. The zero-order valence-corrected chi connectivity index (χ0v) is 16.2. The lowest BCUT2D eigenvalue weighted by atomic mass is 9.98. The maximum atomic E-state index is 13.8. The van der Waals surface area contributed by atoms with Crippen LogP contribution in [0.4, 0.5) is 9.18 Å². The molecule has 29 heavy (non-hydrogen) atoms. The number of nitrogens with zero attached hydrogens (tertiary/aromatic N) is 1. The summed E-state index contributed by atoms with van der Waals surface area (Å²) in [6.45, 7) is 0.453. The van der Waals surface area contributed by atoms with Gasteiger partial charge in [-0.25, -0.2) is 14.2 Å². The molecule has 1 heterocycles. The smallest absolute Gasteiger partial charge is 0.407 e. The van der Waals surface area contributed by atoms with E-state index >= 15 is 0 Å². The van der Waals surface area contributed by atoms with E-state index in [9.17, 15) is 9.18 Å². The van der Waals surface area contributed by atoms with E-state index in [-0.39, 0.29) is 24.2 Å². The van der Waals surface area contributed by atoms with Gasteiger partial charge in [0.25, 0.3) is 0 Å². The second kappa shape index (κ2) is 8.45. The Hall–Kier alpha value is -3.18. The van der Waals surface area contributed by atoms with Gasteiger partial charge in [-0.15, -0.1) is 0 Å². The summed E-state index contributed by atoms with van der Waals surface area (Å²) >= 11 is 5.64. The Morgan fingerprint density at radius 3 is 2.45 bits per heavy atom. The van der Waals surface area contributed by atoms with E-state index in [2.05, 4.69) is 34.6 Å². The van der Waals surface area contributed by atoms with Gasteiger partial charge in [-0.05, 0) is 28.3 Å². The van der Waals surface area contributed by atoms with Crippen molar-refractivity contribution in [3.05, 3.63) is 94.5 Å². The number of hydrogen-bond acceptors (Lipinski definition) is 3. The molecule has 0 spiro atoms. The van der Waals surface area contributed by atoms with Gasteiger partial charge in [-0.3, -0.25) is 0 Å². The standard InChI is InChI=1S/C23H18ClFN2O2/c24-22-21(25)15(11-13-26-22)6-5-12-27-23(28)29-14-20-18-9-3-1-7-16(18)17-8-2-4-10-19(17)20/h1-11,13,20H,12,14H2,(H,27,28). The highest BCUT2D eigenvalue weighted by atomic mass is 35.5. The van der Waals surface area contributed by atoms with Crippen molar-refractivity contribution < 1.29 is 13.9 Å². The second-order valence-corrected chi connectivity index (χ2v) is 6.97. The van der Waals surface area contributed by atoms with E-state index in [0.717, 1.165) is 11.1 Å². The molecule has 1 aliphatic carbocycles. The average Bonchev–Trinajstić information content (AvgIpc) is 3.06. The number of carbonyl (C=O) groups excluding carboxylic acids is 1. The van der Waals surface area contributed by atoms with Gasteiger partial charge in [0.1, 0.15) is 6.61 Å². The molecule has 0 saturated carbocycles. The summed E-state index contributed by atoms with van der Waals surface area (Å²) in [6.07, 6.45) is 4.05. The van der Waals surface area contributed by atoms with Crippen LogP contribution >= 0.6 is 11.6 Å². The van der Waals surface area contributed by atoms with Crippen molar-refractivity contribution in [1.29, 1.82) is 0 Å². The van der Waals surface area contributed by atoms with Crippen molar-refractivity contribution in [1.82, 2.24) is 10.3 Å². The van der Waals surface area contributed by atoms with Crippen LogP contribution in [0.15, 0.2) is 66.9 Å². The van der Waals surface area contributed by atoms with Crippen LogP contribution in [0.25, 0.3) is 17.2 Å². The van der Waals surface area contributed by atoms with Crippen molar-refractivity contribution in [3.63, 3.8) is 0 Å².